The minimum Gasteiger partial charge on any atom is -0.316 e. The van der Waals surface area contributed by atoms with E-state index in [2.05, 4.69) is 0 Å². The predicted molar refractivity (Wildman–Crippen MR) is 71.7 cm³/mol. The normalized spacial score (nSPS) is 12.8. The molecule has 1 atom stereocenters. The van der Waals surface area contributed by atoms with Crippen molar-refractivity contribution < 1.29 is 4.92 Å². The van der Waals surface area contributed by atoms with Crippen molar-refractivity contribution in [1.82, 2.24) is 4.57 Å². The number of benzene rings is 1. The maximum absolute atomic E-state index is 10.9. The summed E-state index contributed by atoms with van der Waals surface area (Å²) in [6.45, 7) is 2.18. The lowest BCUT2D eigenvalue weighted by Gasteiger charge is -2.08. The van der Waals surface area contributed by atoms with Crippen molar-refractivity contribution in [2.75, 3.05) is 0 Å². The number of nitro groups is 1. The largest absolute Gasteiger partial charge is 0.316 e. The van der Waals surface area contributed by atoms with Crippen molar-refractivity contribution in [3.63, 3.8) is 0 Å². The fourth-order valence-corrected chi connectivity index (χ4v) is 3.09. The first-order chi connectivity index (χ1) is 8.13. The molecular formula is C11H12N2O2S2. The van der Waals surface area contributed by atoms with E-state index in [1.807, 2.05) is 35.8 Å². The molecule has 1 aromatic heterocycles. The van der Waals surface area contributed by atoms with Gasteiger partial charge in [0, 0.05) is 11.3 Å². The van der Waals surface area contributed by atoms with Crippen molar-refractivity contribution in [2.45, 2.75) is 25.9 Å². The Labute approximate surface area is 108 Å². The quantitative estimate of drug-likeness (QED) is 0.484. The molecule has 0 saturated carbocycles. The smallest absolute Gasteiger partial charge is 0.230 e. The molecule has 6 heteroatoms. The molecule has 1 aromatic carbocycles. The molecule has 1 unspecified atom stereocenters. The summed E-state index contributed by atoms with van der Waals surface area (Å²) in [5.74, 6) is 0. The molecule has 0 fully saturated rings. The summed E-state index contributed by atoms with van der Waals surface area (Å²) in [5, 5.41) is 10.9. The first kappa shape index (κ1) is 12.2. The van der Waals surface area contributed by atoms with E-state index in [1.54, 1.807) is 0 Å². The maximum Gasteiger partial charge on any atom is 0.230 e. The first-order valence-corrected chi connectivity index (χ1v) is 6.57. The molecule has 1 heterocycles. The molecule has 90 valence electrons. The first-order valence-electron chi connectivity index (χ1n) is 5.35. The van der Waals surface area contributed by atoms with Crippen LogP contribution < -0.4 is 0 Å². The number of rotatable bonds is 4. The summed E-state index contributed by atoms with van der Waals surface area (Å²) in [6, 6.07) is 7.24. The van der Waals surface area contributed by atoms with Crippen LogP contribution in [0.5, 0.6) is 0 Å². The van der Waals surface area contributed by atoms with Gasteiger partial charge in [-0.3, -0.25) is 10.1 Å². The number of nitrogens with zero attached hydrogens (tertiary/aromatic N) is 2. The minimum absolute atomic E-state index is 0.228. The molecule has 4 nitrogen and oxygen atoms in total. The second-order valence-corrected chi connectivity index (χ2v) is 5.47. The van der Waals surface area contributed by atoms with Crippen LogP contribution >= 0.6 is 23.6 Å². The van der Waals surface area contributed by atoms with Gasteiger partial charge in [-0.05, 0) is 24.4 Å². The fraction of sp³-hybridized carbons (Fsp3) is 0.364. The molecule has 0 N–H and O–H groups in total. The van der Waals surface area contributed by atoms with Gasteiger partial charge >= 0.3 is 0 Å². The van der Waals surface area contributed by atoms with E-state index < -0.39 is 6.04 Å². The van der Waals surface area contributed by atoms with E-state index in [9.17, 15) is 10.1 Å². The standard InChI is InChI=1S/C11H12N2O2S2/c1-2-8(13(14)15)7-12-9-5-3-4-6-10(9)17-11(12)16/h3-6,8H,2,7H2,1H3. The van der Waals surface area contributed by atoms with Crippen molar-refractivity contribution >= 4 is 33.8 Å². The van der Waals surface area contributed by atoms with Gasteiger partial charge in [-0.15, -0.1) is 11.3 Å². The Bertz CT molecular complexity index is 603. The second-order valence-electron chi connectivity index (χ2n) is 3.79. The predicted octanol–water partition coefficient (Wildman–Crippen LogP) is 3.49. The molecule has 0 radical (unpaired) electrons. The summed E-state index contributed by atoms with van der Waals surface area (Å²) < 4.78 is 3.65. The fourth-order valence-electron chi connectivity index (χ4n) is 1.74. The summed E-state index contributed by atoms with van der Waals surface area (Å²) in [5.41, 5.74) is 0.989. The summed E-state index contributed by atoms with van der Waals surface area (Å²) in [4.78, 5) is 10.6. The van der Waals surface area contributed by atoms with Gasteiger partial charge in [0.2, 0.25) is 6.04 Å². The van der Waals surface area contributed by atoms with Crippen LogP contribution in [0, 0.1) is 14.1 Å². The SMILES string of the molecule is CCC(Cn1c(=S)sc2ccccc21)[N+](=O)[O-]. The highest BCUT2D eigenvalue weighted by atomic mass is 32.1. The van der Waals surface area contributed by atoms with Crippen molar-refractivity contribution in [1.29, 1.82) is 0 Å². The van der Waals surface area contributed by atoms with Gasteiger partial charge in [0.05, 0.1) is 16.8 Å². The Morgan fingerprint density at radius 1 is 1.53 bits per heavy atom. The Morgan fingerprint density at radius 2 is 2.24 bits per heavy atom. The monoisotopic (exact) mass is 268 g/mol. The Balaban J connectivity index is 2.45. The van der Waals surface area contributed by atoms with E-state index in [4.69, 9.17) is 12.2 Å². The lowest BCUT2D eigenvalue weighted by Crippen LogP contribution is -2.24. The van der Waals surface area contributed by atoms with Gasteiger partial charge in [-0.1, -0.05) is 19.1 Å². The van der Waals surface area contributed by atoms with Crippen LogP contribution in [-0.4, -0.2) is 15.5 Å². The molecule has 0 saturated heterocycles. The van der Waals surface area contributed by atoms with Crippen LogP contribution in [0.1, 0.15) is 13.3 Å². The Hall–Kier alpha value is -1.27. The van der Waals surface area contributed by atoms with E-state index in [0.29, 0.717) is 16.9 Å². The molecule has 17 heavy (non-hydrogen) atoms. The van der Waals surface area contributed by atoms with E-state index in [-0.39, 0.29) is 4.92 Å². The second kappa shape index (κ2) is 4.93. The van der Waals surface area contributed by atoms with Gasteiger partial charge in [0.25, 0.3) is 0 Å². The third-order valence-electron chi connectivity index (χ3n) is 2.74. The van der Waals surface area contributed by atoms with Gasteiger partial charge in [0.15, 0.2) is 3.95 Å². The lowest BCUT2D eigenvalue weighted by atomic mass is 10.2. The van der Waals surface area contributed by atoms with Crippen molar-refractivity contribution in [2.24, 2.45) is 0 Å². The molecule has 0 amide bonds. The number of hydrogen-bond donors (Lipinski definition) is 0. The molecule has 0 aliphatic rings. The number of aromatic nitrogens is 1. The molecule has 0 bridgehead atoms. The maximum atomic E-state index is 10.9. The van der Waals surface area contributed by atoms with Crippen LogP contribution in [0.2, 0.25) is 0 Å². The number of para-hydroxylation sites is 1. The summed E-state index contributed by atoms with van der Waals surface area (Å²) >= 11 is 6.76. The number of fused-ring (bicyclic) bond motifs is 1. The van der Waals surface area contributed by atoms with E-state index >= 15 is 0 Å². The van der Waals surface area contributed by atoms with Gasteiger partial charge in [-0.2, -0.15) is 0 Å². The van der Waals surface area contributed by atoms with Crippen LogP contribution in [-0.2, 0) is 6.54 Å². The van der Waals surface area contributed by atoms with Crippen LogP contribution in [0.15, 0.2) is 24.3 Å². The molecular weight excluding hydrogens is 256 g/mol. The average Bonchev–Trinajstić information content (AvgIpc) is 2.61. The third kappa shape index (κ3) is 2.37. The summed E-state index contributed by atoms with van der Waals surface area (Å²) in [7, 11) is 0. The zero-order chi connectivity index (χ0) is 12.4. The number of hydrogen-bond acceptors (Lipinski definition) is 4. The summed E-state index contributed by atoms with van der Waals surface area (Å²) in [6.07, 6.45) is 0.513. The van der Waals surface area contributed by atoms with Gasteiger partial charge in [-0.25, -0.2) is 0 Å². The highest BCUT2D eigenvalue weighted by Crippen LogP contribution is 2.23. The molecule has 2 rings (SSSR count). The molecule has 0 spiro atoms. The van der Waals surface area contributed by atoms with Crippen molar-refractivity contribution in [3.8, 4) is 0 Å². The van der Waals surface area contributed by atoms with Crippen molar-refractivity contribution in [3.05, 3.63) is 38.3 Å². The highest BCUT2D eigenvalue weighted by molar-refractivity contribution is 7.73. The highest BCUT2D eigenvalue weighted by Gasteiger charge is 2.19. The zero-order valence-electron chi connectivity index (χ0n) is 9.33. The zero-order valence-corrected chi connectivity index (χ0v) is 11.0. The average molecular weight is 268 g/mol. The molecule has 0 aliphatic carbocycles. The van der Waals surface area contributed by atoms with Crippen LogP contribution in [0.3, 0.4) is 0 Å². The van der Waals surface area contributed by atoms with Gasteiger partial charge in [0.1, 0.15) is 0 Å². The van der Waals surface area contributed by atoms with Crippen LogP contribution in [0.4, 0.5) is 0 Å². The molecule has 0 aliphatic heterocycles. The Morgan fingerprint density at radius 3 is 2.88 bits per heavy atom. The topological polar surface area (TPSA) is 48.1 Å². The third-order valence-corrected chi connectivity index (χ3v) is 4.17. The number of thiazole rings is 1. The lowest BCUT2D eigenvalue weighted by molar-refractivity contribution is -0.524. The Kier molecular flexibility index (Phi) is 3.54. The van der Waals surface area contributed by atoms with E-state index in [1.165, 1.54) is 11.3 Å². The van der Waals surface area contributed by atoms with Gasteiger partial charge < -0.3 is 4.57 Å². The van der Waals surface area contributed by atoms with Crippen LogP contribution in [0.25, 0.3) is 10.2 Å². The van der Waals surface area contributed by atoms with E-state index in [0.717, 1.165) is 10.2 Å². The minimum atomic E-state index is -0.570. The molecule has 2 aromatic rings.